The number of aromatic nitrogens is 1. The second-order valence-corrected chi connectivity index (χ2v) is 4.08. The van der Waals surface area contributed by atoms with Gasteiger partial charge in [-0.05, 0) is 6.07 Å². The highest BCUT2D eigenvalue weighted by molar-refractivity contribution is 5.68. The molecule has 2 heterocycles. The number of ether oxygens (including phenoxy) is 2. The summed E-state index contributed by atoms with van der Waals surface area (Å²) in [5.41, 5.74) is 0.913. The standard InChI is InChI=1S/C12H16N2O4/c1-17-11-6-9(2-3-13-11)14-4-5-18-8-10(14)7-12(15)16/h2-3,6,10H,4-5,7-8H2,1H3,(H,15,16). The molecule has 0 amide bonds. The zero-order valence-corrected chi connectivity index (χ0v) is 10.2. The lowest BCUT2D eigenvalue weighted by atomic mass is 10.1. The fraction of sp³-hybridized carbons (Fsp3) is 0.500. The first kappa shape index (κ1) is 12.6. The van der Waals surface area contributed by atoms with Crippen LogP contribution < -0.4 is 9.64 Å². The van der Waals surface area contributed by atoms with Crippen LogP contribution in [0.1, 0.15) is 6.42 Å². The summed E-state index contributed by atoms with van der Waals surface area (Å²) in [5.74, 6) is -0.301. The van der Waals surface area contributed by atoms with E-state index in [1.54, 1.807) is 19.4 Å². The van der Waals surface area contributed by atoms with E-state index >= 15 is 0 Å². The molecule has 1 aliphatic rings. The third-order valence-corrected chi connectivity index (χ3v) is 2.90. The predicted molar refractivity (Wildman–Crippen MR) is 65.0 cm³/mol. The van der Waals surface area contributed by atoms with Gasteiger partial charge in [-0.2, -0.15) is 0 Å². The highest BCUT2D eigenvalue weighted by atomic mass is 16.5. The molecule has 1 aliphatic heterocycles. The summed E-state index contributed by atoms with van der Waals surface area (Å²) in [6.07, 6.45) is 1.71. The van der Waals surface area contributed by atoms with Gasteiger partial charge in [-0.1, -0.05) is 0 Å². The van der Waals surface area contributed by atoms with E-state index in [0.29, 0.717) is 25.6 Å². The summed E-state index contributed by atoms with van der Waals surface area (Å²) < 4.78 is 10.4. The monoisotopic (exact) mass is 252 g/mol. The number of aliphatic carboxylic acids is 1. The molecule has 1 atom stereocenters. The van der Waals surface area contributed by atoms with Crippen molar-refractivity contribution >= 4 is 11.7 Å². The van der Waals surface area contributed by atoms with Crippen LogP contribution in [0, 0.1) is 0 Å². The molecule has 1 aromatic heterocycles. The quantitative estimate of drug-likeness (QED) is 0.853. The highest BCUT2D eigenvalue weighted by Crippen LogP contribution is 2.23. The second kappa shape index (κ2) is 5.68. The number of carboxylic acid groups (broad SMARTS) is 1. The van der Waals surface area contributed by atoms with Crippen LogP contribution in [-0.4, -0.2) is 49.0 Å². The smallest absolute Gasteiger partial charge is 0.305 e. The van der Waals surface area contributed by atoms with E-state index in [1.807, 2.05) is 11.0 Å². The zero-order valence-electron chi connectivity index (χ0n) is 10.2. The SMILES string of the molecule is COc1cc(N2CCOCC2CC(=O)O)ccn1. The fourth-order valence-corrected chi connectivity index (χ4v) is 2.05. The summed E-state index contributed by atoms with van der Waals surface area (Å²) >= 11 is 0. The number of hydrogen-bond donors (Lipinski definition) is 1. The molecule has 2 rings (SSSR count). The molecule has 6 nitrogen and oxygen atoms in total. The van der Waals surface area contributed by atoms with Crippen LogP contribution in [0.4, 0.5) is 5.69 Å². The second-order valence-electron chi connectivity index (χ2n) is 4.08. The molecule has 1 aromatic rings. The average molecular weight is 252 g/mol. The van der Waals surface area contributed by atoms with Gasteiger partial charge in [0, 0.05) is 24.5 Å². The van der Waals surface area contributed by atoms with Crippen LogP contribution >= 0.6 is 0 Å². The number of hydrogen-bond acceptors (Lipinski definition) is 5. The Morgan fingerprint density at radius 1 is 1.72 bits per heavy atom. The molecular formula is C12H16N2O4. The first-order valence-corrected chi connectivity index (χ1v) is 5.77. The van der Waals surface area contributed by atoms with Crippen molar-refractivity contribution in [1.29, 1.82) is 0 Å². The zero-order chi connectivity index (χ0) is 13.0. The molecule has 0 spiro atoms. The van der Waals surface area contributed by atoms with Crippen molar-refractivity contribution in [3.05, 3.63) is 18.3 Å². The minimum atomic E-state index is -0.823. The van der Waals surface area contributed by atoms with E-state index < -0.39 is 5.97 Å². The largest absolute Gasteiger partial charge is 0.481 e. The van der Waals surface area contributed by atoms with Crippen LogP contribution in [0.15, 0.2) is 18.3 Å². The Bertz CT molecular complexity index is 424. The number of rotatable bonds is 4. The lowest BCUT2D eigenvalue weighted by molar-refractivity contribution is -0.138. The fourth-order valence-electron chi connectivity index (χ4n) is 2.05. The summed E-state index contributed by atoms with van der Waals surface area (Å²) in [7, 11) is 1.56. The maximum Gasteiger partial charge on any atom is 0.305 e. The molecule has 1 saturated heterocycles. The number of anilines is 1. The molecule has 0 radical (unpaired) electrons. The molecule has 6 heteroatoms. The first-order valence-electron chi connectivity index (χ1n) is 5.77. The maximum absolute atomic E-state index is 10.8. The van der Waals surface area contributed by atoms with Gasteiger partial charge in [0.25, 0.3) is 0 Å². The minimum absolute atomic E-state index is 0.0602. The lowest BCUT2D eigenvalue weighted by Gasteiger charge is -2.36. The van der Waals surface area contributed by atoms with Crippen molar-refractivity contribution in [2.75, 3.05) is 31.8 Å². The Morgan fingerprint density at radius 2 is 2.56 bits per heavy atom. The Morgan fingerprint density at radius 3 is 3.28 bits per heavy atom. The van der Waals surface area contributed by atoms with E-state index in [1.165, 1.54) is 0 Å². The van der Waals surface area contributed by atoms with Gasteiger partial charge in [-0.3, -0.25) is 4.79 Å². The van der Waals surface area contributed by atoms with Gasteiger partial charge < -0.3 is 19.5 Å². The van der Waals surface area contributed by atoms with Crippen molar-refractivity contribution in [2.24, 2.45) is 0 Å². The third-order valence-electron chi connectivity index (χ3n) is 2.90. The normalized spacial score (nSPS) is 19.6. The van der Waals surface area contributed by atoms with E-state index in [4.69, 9.17) is 14.6 Å². The molecule has 0 bridgehead atoms. The molecule has 0 saturated carbocycles. The summed E-state index contributed by atoms with van der Waals surface area (Å²) in [4.78, 5) is 16.9. The molecule has 98 valence electrons. The lowest BCUT2D eigenvalue weighted by Crippen LogP contribution is -2.46. The number of pyridine rings is 1. The van der Waals surface area contributed by atoms with Gasteiger partial charge in [0.1, 0.15) is 0 Å². The van der Waals surface area contributed by atoms with E-state index in [-0.39, 0.29) is 12.5 Å². The minimum Gasteiger partial charge on any atom is -0.481 e. The summed E-state index contributed by atoms with van der Waals surface area (Å²) in [6.45, 7) is 1.70. The molecule has 1 N–H and O–H groups in total. The summed E-state index contributed by atoms with van der Waals surface area (Å²) in [5, 5.41) is 8.91. The molecule has 0 aromatic carbocycles. The van der Waals surface area contributed by atoms with Gasteiger partial charge in [-0.15, -0.1) is 0 Å². The molecule has 1 fully saturated rings. The van der Waals surface area contributed by atoms with Crippen molar-refractivity contribution < 1.29 is 19.4 Å². The van der Waals surface area contributed by atoms with Gasteiger partial charge >= 0.3 is 5.97 Å². The van der Waals surface area contributed by atoms with Crippen LogP contribution in [-0.2, 0) is 9.53 Å². The first-order chi connectivity index (χ1) is 8.70. The maximum atomic E-state index is 10.8. The Labute approximate surface area is 105 Å². The Kier molecular flexibility index (Phi) is 3.99. The van der Waals surface area contributed by atoms with Gasteiger partial charge in [0.15, 0.2) is 0 Å². The summed E-state index contributed by atoms with van der Waals surface area (Å²) in [6, 6.07) is 3.51. The number of carbonyl (C=O) groups is 1. The Hall–Kier alpha value is -1.82. The van der Waals surface area contributed by atoms with E-state index in [9.17, 15) is 4.79 Å². The number of carboxylic acids is 1. The molecule has 0 aliphatic carbocycles. The number of morpholine rings is 1. The van der Waals surface area contributed by atoms with Crippen LogP contribution in [0.5, 0.6) is 5.88 Å². The number of nitrogens with zero attached hydrogens (tertiary/aromatic N) is 2. The molecular weight excluding hydrogens is 236 g/mol. The predicted octanol–water partition coefficient (Wildman–Crippen LogP) is 0.770. The third kappa shape index (κ3) is 2.89. The van der Waals surface area contributed by atoms with Crippen LogP contribution in [0.3, 0.4) is 0 Å². The van der Waals surface area contributed by atoms with Crippen LogP contribution in [0.2, 0.25) is 0 Å². The average Bonchev–Trinajstić information content (AvgIpc) is 2.39. The topological polar surface area (TPSA) is 71.9 Å². The van der Waals surface area contributed by atoms with E-state index in [2.05, 4.69) is 4.98 Å². The van der Waals surface area contributed by atoms with Crippen molar-refractivity contribution in [3.63, 3.8) is 0 Å². The van der Waals surface area contributed by atoms with Crippen molar-refractivity contribution in [3.8, 4) is 5.88 Å². The van der Waals surface area contributed by atoms with Crippen LogP contribution in [0.25, 0.3) is 0 Å². The molecule has 18 heavy (non-hydrogen) atoms. The van der Waals surface area contributed by atoms with Gasteiger partial charge in [0.2, 0.25) is 5.88 Å². The highest BCUT2D eigenvalue weighted by Gasteiger charge is 2.25. The van der Waals surface area contributed by atoms with Gasteiger partial charge in [0.05, 0.1) is 32.8 Å². The van der Waals surface area contributed by atoms with E-state index in [0.717, 1.165) is 5.69 Å². The Balaban J connectivity index is 2.19. The van der Waals surface area contributed by atoms with Crippen molar-refractivity contribution in [2.45, 2.75) is 12.5 Å². The van der Waals surface area contributed by atoms with Gasteiger partial charge in [-0.25, -0.2) is 4.98 Å². The molecule has 1 unspecified atom stereocenters. The van der Waals surface area contributed by atoms with Crippen molar-refractivity contribution in [1.82, 2.24) is 4.98 Å². The number of methoxy groups -OCH3 is 1.